The maximum absolute atomic E-state index is 15.0. The van der Waals surface area contributed by atoms with Crippen LogP contribution in [0.15, 0.2) is 48.5 Å². The van der Waals surface area contributed by atoms with Crippen LogP contribution in [0.4, 0.5) is 30.7 Å². The van der Waals surface area contributed by atoms with Crippen molar-refractivity contribution in [3.63, 3.8) is 0 Å². The highest BCUT2D eigenvalue weighted by molar-refractivity contribution is 5.96. The summed E-state index contributed by atoms with van der Waals surface area (Å²) in [6.07, 6.45) is -4.68. The minimum atomic E-state index is -4.85. The highest BCUT2D eigenvalue weighted by Gasteiger charge is 2.39. The lowest BCUT2D eigenvalue weighted by molar-refractivity contribution is -0.137. The van der Waals surface area contributed by atoms with Crippen molar-refractivity contribution in [1.29, 1.82) is 0 Å². The van der Waals surface area contributed by atoms with Crippen LogP contribution in [0.2, 0.25) is 0 Å². The Labute approximate surface area is 205 Å². The van der Waals surface area contributed by atoms with Crippen LogP contribution in [0.3, 0.4) is 0 Å². The number of nitrogens with one attached hydrogen (secondary N) is 1. The minimum Gasteiger partial charge on any atom is -0.497 e. The molecule has 0 aliphatic carbocycles. The number of ether oxygens (including phenoxy) is 1. The molecule has 0 radical (unpaired) electrons. The maximum atomic E-state index is 15.0. The Morgan fingerprint density at radius 3 is 2.38 bits per heavy atom. The fourth-order valence-corrected chi connectivity index (χ4v) is 4.70. The Hall–Kier alpha value is -4.02. The fraction of sp³-hybridized carbons (Fsp3) is 0.192. The number of halogens is 7. The lowest BCUT2D eigenvalue weighted by atomic mass is 9.91. The average molecular weight is 522 g/mol. The monoisotopic (exact) mass is 522 g/mol. The molecule has 1 aromatic heterocycles. The molecule has 0 unspecified atom stereocenters. The number of aromatic nitrogens is 1. The Balaban J connectivity index is 1.71. The van der Waals surface area contributed by atoms with E-state index in [1.165, 1.54) is 7.11 Å². The van der Waals surface area contributed by atoms with E-state index in [0.29, 0.717) is 52.5 Å². The van der Waals surface area contributed by atoms with Crippen LogP contribution in [0.1, 0.15) is 38.8 Å². The lowest BCUT2D eigenvalue weighted by Crippen LogP contribution is -2.41. The summed E-state index contributed by atoms with van der Waals surface area (Å²) in [5.41, 5.74) is -1.15. The third-order valence-corrected chi connectivity index (χ3v) is 6.45. The Morgan fingerprint density at radius 1 is 0.946 bits per heavy atom. The van der Waals surface area contributed by atoms with Gasteiger partial charge in [-0.1, -0.05) is 0 Å². The first-order valence-electron chi connectivity index (χ1n) is 11.0. The molecule has 192 valence electrons. The maximum Gasteiger partial charge on any atom is 0.416 e. The predicted octanol–water partition coefficient (Wildman–Crippen LogP) is 6.54. The van der Waals surface area contributed by atoms with Crippen molar-refractivity contribution in [3.05, 3.63) is 99.7 Å². The number of H-pyrrole nitrogens is 1. The number of nitrogens with zero attached hydrogens (tertiary/aromatic N) is 1. The topological polar surface area (TPSA) is 45.3 Å². The van der Waals surface area contributed by atoms with Crippen molar-refractivity contribution in [1.82, 2.24) is 9.88 Å². The number of aromatic amines is 1. The first-order valence-corrected chi connectivity index (χ1v) is 11.0. The van der Waals surface area contributed by atoms with Gasteiger partial charge in [-0.25, -0.2) is 17.6 Å². The second kappa shape index (κ2) is 8.82. The van der Waals surface area contributed by atoms with Crippen LogP contribution >= 0.6 is 0 Å². The van der Waals surface area contributed by atoms with E-state index < -0.39 is 58.1 Å². The smallest absolute Gasteiger partial charge is 0.416 e. The molecule has 37 heavy (non-hydrogen) atoms. The summed E-state index contributed by atoms with van der Waals surface area (Å²) in [6.45, 7) is -0.172. The van der Waals surface area contributed by atoms with Crippen LogP contribution in [-0.2, 0) is 12.6 Å². The highest BCUT2D eigenvalue weighted by atomic mass is 19.4. The van der Waals surface area contributed by atoms with Gasteiger partial charge in [0, 0.05) is 34.8 Å². The number of hydrogen-bond donors (Lipinski definition) is 1. The van der Waals surface area contributed by atoms with Crippen LogP contribution in [0, 0.1) is 23.3 Å². The molecular formula is C26H17F7N2O2. The molecule has 4 aromatic rings. The molecule has 1 aliphatic rings. The lowest BCUT2D eigenvalue weighted by Gasteiger charge is -2.36. The molecule has 1 amide bonds. The standard InChI is InChI=1S/C26H17F7N2O2/c1-37-13-3-5-22-15(9-13)14-6-7-35(25(36)17-8-12(26(31,32)33)2-4-18(17)27)24(23(14)34-22)16-10-20(29)21(30)11-19(16)28/h2-5,8-11,24,34H,6-7H2,1H3/t24-/m1/s1. The molecule has 4 nitrogen and oxygen atoms in total. The largest absolute Gasteiger partial charge is 0.497 e. The summed E-state index contributed by atoms with van der Waals surface area (Å²) in [5.74, 6) is -5.90. The number of benzene rings is 3. The number of hydrogen-bond acceptors (Lipinski definition) is 2. The van der Waals surface area contributed by atoms with Crippen LogP contribution in [0.5, 0.6) is 5.75 Å². The number of rotatable bonds is 3. The van der Waals surface area contributed by atoms with Crippen molar-refractivity contribution in [2.75, 3.05) is 13.7 Å². The minimum absolute atomic E-state index is 0.163. The average Bonchev–Trinajstić information content (AvgIpc) is 3.23. The van der Waals surface area contributed by atoms with Crippen LogP contribution in [0.25, 0.3) is 10.9 Å². The summed E-state index contributed by atoms with van der Waals surface area (Å²) >= 11 is 0. The highest BCUT2D eigenvalue weighted by Crippen LogP contribution is 2.41. The second-order valence-electron chi connectivity index (χ2n) is 8.56. The third kappa shape index (κ3) is 4.17. The van der Waals surface area contributed by atoms with Crippen LogP contribution < -0.4 is 4.74 Å². The fourth-order valence-electron chi connectivity index (χ4n) is 4.70. The number of carbonyl (C=O) groups excluding carboxylic acids is 1. The summed E-state index contributed by atoms with van der Waals surface area (Å²) < 4.78 is 103. The summed E-state index contributed by atoms with van der Waals surface area (Å²) in [5, 5.41) is 0.666. The zero-order valence-electron chi connectivity index (χ0n) is 19.0. The number of amides is 1. The number of fused-ring (bicyclic) bond motifs is 3. The molecule has 1 aliphatic heterocycles. The first kappa shape index (κ1) is 24.7. The van der Waals surface area contributed by atoms with Crippen molar-refractivity contribution in [2.45, 2.75) is 18.6 Å². The normalized spacial score (nSPS) is 15.7. The molecule has 1 N–H and O–H groups in total. The zero-order valence-corrected chi connectivity index (χ0v) is 19.0. The van der Waals surface area contributed by atoms with E-state index in [2.05, 4.69) is 4.98 Å². The number of methoxy groups -OCH3 is 1. The third-order valence-electron chi connectivity index (χ3n) is 6.45. The molecule has 0 bridgehead atoms. The van der Waals surface area contributed by atoms with Crippen molar-refractivity contribution in [3.8, 4) is 5.75 Å². The van der Waals surface area contributed by atoms with Gasteiger partial charge >= 0.3 is 6.18 Å². The SMILES string of the molecule is COc1ccc2[nH]c3c(c2c1)CCN(C(=O)c1cc(C(F)(F)F)ccc1F)[C@@H]3c1cc(F)c(F)cc1F. The van der Waals surface area contributed by atoms with Gasteiger partial charge in [0.2, 0.25) is 0 Å². The summed E-state index contributed by atoms with van der Waals surface area (Å²) in [6, 6.07) is 5.90. The Morgan fingerprint density at radius 2 is 1.68 bits per heavy atom. The van der Waals surface area contributed by atoms with Gasteiger partial charge < -0.3 is 14.6 Å². The summed E-state index contributed by atoms with van der Waals surface area (Å²) in [7, 11) is 1.46. The molecule has 11 heteroatoms. The van der Waals surface area contributed by atoms with Crippen molar-refractivity contribution >= 4 is 16.8 Å². The van der Waals surface area contributed by atoms with E-state index in [4.69, 9.17) is 4.74 Å². The summed E-state index contributed by atoms with van der Waals surface area (Å²) in [4.78, 5) is 17.5. The number of carbonyl (C=O) groups is 1. The van der Waals surface area contributed by atoms with E-state index >= 15 is 4.39 Å². The molecule has 1 atom stereocenters. The zero-order chi connectivity index (χ0) is 26.6. The molecule has 0 saturated carbocycles. The van der Waals surface area contributed by atoms with Gasteiger partial charge in [0.15, 0.2) is 11.6 Å². The Kier molecular flexibility index (Phi) is 5.88. The van der Waals surface area contributed by atoms with Gasteiger partial charge in [-0.05, 0) is 54.4 Å². The molecule has 2 heterocycles. The second-order valence-corrected chi connectivity index (χ2v) is 8.56. The number of alkyl halides is 3. The van der Waals surface area contributed by atoms with Gasteiger partial charge in [-0.15, -0.1) is 0 Å². The van der Waals surface area contributed by atoms with Gasteiger partial charge in [0.05, 0.1) is 18.2 Å². The molecule has 5 rings (SSSR count). The molecule has 0 spiro atoms. The van der Waals surface area contributed by atoms with Crippen LogP contribution in [-0.4, -0.2) is 29.4 Å². The van der Waals surface area contributed by atoms with Crippen molar-refractivity contribution in [2.24, 2.45) is 0 Å². The van der Waals surface area contributed by atoms with Gasteiger partial charge in [0.1, 0.15) is 23.4 Å². The predicted molar refractivity (Wildman–Crippen MR) is 119 cm³/mol. The van der Waals surface area contributed by atoms with Crippen molar-refractivity contribution < 1.29 is 40.3 Å². The molecule has 0 saturated heterocycles. The van der Waals surface area contributed by atoms with Gasteiger partial charge in [-0.2, -0.15) is 13.2 Å². The van der Waals surface area contributed by atoms with E-state index in [9.17, 15) is 31.1 Å². The Bertz CT molecular complexity index is 1540. The van der Waals surface area contributed by atoms with Gasteiger partial charge in [-0.3, -0.25) is 4.79 Å². The van der Waals surface area contributed by atoms with Gasteiger partial charge in [0.25, 0.3) is 5.91 Å². The molecule has 3 aromatic carbocycles. The van der Waals surface area contributed by atoms with E-state index in [1.807, 2.05) is 0 Å². The van der Waals surface area contributed by atoms with E-state index in [-0.39, 0.29) is 18.7 Å². The molecular weight excluding hydrogens is 505 g/mol. The molecule has 0 fully saturated rings. The van der Waals surface area contributed by atoms with E-state index in [1.54, 1.807) is 18.2 Å². The van der Waals surface area contributed by atoms with E-state index in [0.717, 1.165) is 4.90 Å². The first-order chi connectivity index (χ1) is 17.5. The quantitative estimate of drug-likeness (QED) is 0.245.